The molecule has 1 aliphatic rings. The normalized spacial score (nSPS) is 20.8. The molecule has 0 aliphatic carbocycles. The lowest BCUT2D eigenvalue weighted by molar-refractivity contribution is -0.0615. The van der Waals surface area contributed by atoms with Gasteiger partial charge in [-0.15, -0.1) is 0 Å². The average molecular weight is 314 g/mol. The van der Waals surface area contributed by atoms with Crippen molar-refractivity contribution in [2.45, 2.75) is 58.2 Å². The van der Waals surface area contributed by atoms with Gasteiger partial charge in [0.25, 0.3) is 5.91 Å². The highest BCUT2D eigenvalue weighted by molar-refractivity contribution is 5.98. The van der Waals surface area contributed by atoms with Gasteiger partial charge in [-0.05, 0) is 64.1 Å². The number of carbonyl (C=O) groups is 1. The van der Waals surface area contributed by atoms with Crippen LogP contribution in [-0.2, 0) is 4.74 Å². The zero-order chi connectivity index (χ0) is 16.6. The number of nitrogens with one attached hydrogen (secondary N) is 1. The Bertz CT molecular complexity index is 715. The van der Waals surface area contributed by atoms with E-state index in [1.807, 2.05) is 18.2 Å². The molecule has 1 aliphatic heterocycles. The van der Waals surface area contributed by atoms with Crippen molar-refractivity contribution < 1.29 is 9.53 Å². The van der Waals surface area contributed by atoms with E-state index in [1.54, 1.807) is 0 Å². The van der Waals surface area contributed by atoms with Crippen molar-refractivity contribution in [1.82, 2.24) is 9.88 Å². The van der Waals surface area contributed by atoms with Crippen LogP contribution in [0.4, 0.5) is 0 Å². The van der Waals surface area contributed by atoms with Gasteiger partial charge in [0.2, 0.25) is 0 Å². The summed E-state index contributed by atoms with van der Waals surface area (Å²) in [7, 11) is 0. The highest BCUT2D eigenvalue weighted by Crippen LogP contribution is 2.25. The topological polar surface area (TPSA) is 43.3 Å². The second kappa shape index (κ2) is 6.00. The molecular formula is C19H26N2O2. The van der Waals surface area contributed by atoms with Crippen LogP contribution in [0.1, 0.15) is 56.9 Å². The number of benzene rings is 1. The van der Waals surface area contributed by atoms with Gasteiger partial charge in [0.1, 0.15) is 0 Å². The molecule has 0 unspecified atom stereocenters. The Labute approximate surface area is 137 Å². The van der Waals surface area contributed by atoms with Gasteiger partial charge in [-0.3, -0.25) is 4.79 Å². The minimum Gasteiger partial charge on any atom is -0.375 e. The Kier molecular flexibility index (Phi) is 4.19. The molecule has 4 nitrogen and oxygen atoms in total. The van der Waals surface area contributed by atoms with Crippen molar-refractivity contribution in [3.8, 4) is 0 Å². The predicted octanol–water partition coefficient (Wildman–Crippen LogP) is 3.91. The molecule has 124 valence electrons. The van der Waals surface area contributed by atoms with E-state index < -0.39 is 0 Å². The number of hydrogen-bond acceptors (Lipinski definition) is 2. The molecule has 1 atom stereocenters. The molecule has 0 spiro atoms. The van der Waals surface area contributed by atoms with E-state index in [2.05, 4.69) is 49.8 Å². The van der Waals surface area contributed by atoms with E-state index in [1.165, 1.54) is 5.39 Å². The van der Waals surface area contributed by atoms with E-state index in [0.717, 1.165) is 23.9 Å². The third-order valence-electron chi connectivity index (χ3n) is 4.57. The third kappa shape index (κ3) is 3.42. The van der Waals surface area contributed by atoms with Crippen LogP contribution in [-0.4, -0.2) is 28.7 Å². The molecular weight excluding hydrogens is 288 g/mol. The van der Waals surface area contributed by atoms with Crippen LogP contribution in [0.25, 0.3) is 10.9 Å². The smallest absolute Gasteiger partial charge is 0.251 e. The molecule has 0 saturated carbocycles. The Morgan fingerprint density at radius 3 is 2.83 bits per heavy atom. The summed E-state index contributed by atoms with van der Waals surface area (Å²) < 4.78 is 7.92. The first kappa shape index (κ1) is 16.1. The summed E-state index contributed by atoms with van der Waals surface area (Å²) in [6.45, 7) is 9.15. The van der Waals surface area contributed by atoms with Gasteiger partial charge in [0.15, 0.2) is 0 Å². The van der Waals surface area contributed by atoms with Gasteiger partial charge < -0.3 is 14.6 Å². The summed E-state index contributed by atoms with van der Waals surface area (Å²) >= 11 is 0. The molecule has 1 saturated heterocycles. The van der Waals surface area contributed by atoms with Crippen molar-refractivity contribution in [2.24, 2.45) is 0 Å². The SMILES string of the molecule is CC(C)n1ccc2ccc(C(=O)N[C@H]3CCOC(C)(C)C3)cc21. The van der Waals surface area contributed by atoms with Crippen LogP contribution in [0.15, 0.2) is 30.5 Å². The minimum atomic E-state index is -0.160. The molecule has 1 aromatic heterocycles. The first-order chi connectivity index (χ1) is 10.9. The fourth-order valence-electron chi connectivity index (χ4n) is 3.36. The Morgan fingerprint density at radius 1 is 1.35 bits per heavy atom. The summed E-state index contributed by atoms with van der Waals surface area (Å²) in [5.41, 5.74) is 1.68. The maximum Gasteiger partial charge on any atom is 0.251 e. The molecule has 1 N–H and O–H groups in total. The minimum absolute atomic E-state index is 0.00565. The number of ether oxygens (including phenoxy) is 1. The fraction of sp³-hybridized carbons (Fsp3) is 0.526. The zero-order valence-electron chi connectivity index (χ0n) is 14.4. The Balaban J connectivity index is 1.79. The van der Waals surface area contributed by atoms with Crippen molar-refractivity contribution in [3.63, 3.8) is 0 Å². The third-order valence-corrected chi connectivity index (χ3v) is 4.57. The summed E-state index contributed by atoms with van der Waals surface area (Å²) in [6, 6.07) is 8.58. The number of fused-ring (bicyclic) bond motifs is 1. The maximum absolute atomic E-state index is 12.6. The monoisotopic (exact) mass is 314 g/mol. The molecule has 0 bridgehead atoms. The first-order valence-electron chi connectivity index (χ1n) is 8.41. The maximum atomic E-state index is 12.6. The second-order valence-electron chi connectivity index (χ2n) is 7.36. The number of aromatic nitrogens is 1. The molecule has 1 fully saturated rings. The molecule has 1 aromatic carbocycles. The van der Waals surface area contributed by atoms with Crippen LogP contribution in [0.3, 0.4) is 0 Å². The number of hydrogen-bond donors (Lipinski definition) is 1. The highest BCUT2D eigenvalue weighted by Gasteiger charge is 2.29. The summed E-state index contributed by atoms with van der Waals surface area (Å²) in [4.78, 5) is 12.6. The number of rotatable bonds is 3. The average Bonchev–Trinajstić information content (AvgIpc) is 2.89. The zero-order valence-corrected chi connectivity index (χ0v) is 14.4. The molecule has 23 heavy (non-hydrogen) atoms. The van der Waals surface area contributed by atoms with Crippen molar-refractivity contribution in [1.29, 1.82) is 0 Å². The summed E-state index contributed by atoms with van der Waals surface area (Å²) in [5, 5.41) is 4.34. The standard InChI is InChI=1S/C19H26N2O2/c1-13(2)21-9-7-14-5-6-15(11-17(14)21)18(22)20-16-8-10-23-19(3,4)12-16/h5-7,9,11,13,16H,8,10,12H2,1-4H3,(H,20,22)/t16-/m0/s1. The molecule has 3 rings (SSSR count). The van der Waals surface area contributed by atoms with Crippen molar-refractivity contribution >= 4 is 16.8 Å². The van der Waals surface area contributed by atoms with Crippen LogP contribution in [0.2, 0.25) is 0 Å². The van der Waals surface area contributed by atoms with Crippen molar-refractivity contribution in [3.05, 3.63) is 36.0 Å². The Morgan fingerprint density at radius 2 is 2.13 bits per heavy atom. The summed E-state index contributed by atoms with van der Waals surface area (Å²) in [6.07, 6.45) is 3.81. The molecule has 0 radical (unpaired) electrons. The van der Waals surface area contributed by atoms with E-state index >= 15 is 0 Å². The second-order valence-corrected chi connectivity index (χ2v) is 7.36. The van der Waals surface area contributed by atoms with Gasteiger partial charge >= 0.3 is 0 Å². The number of carbonyl (C=O) groups excluding carboxylic acids is 1. The fourth-order valence-corrected chi connectivity index (χ4v) is 3.36. The van der Waals surface area contributed by atoms with Crippen LogP contribution in [0, 0.1) is 0 Å². The molecule has 4 heteroatoms. The lowest BCUT2D eigenvalue weighted by atomic mass is 9.93. The molecule has 2 heterocycles. The van der Waals surface area contributed by atoms with E-state index in [0.29, 0.717) is 12.6 Å². The van der Waals surface area contributed by atoms with Crippen LogP contribution >= 0.6 is 0 Å². The predicted molar refractivity (Wildman–Crippen MR) is 92.8 cm³/mol. The quantitative estimate of drug-likeness (QED) is 0.933. The van der Waals surface area contributed by atoms with Gasteiger partial charge in [0.05, 0.1) is 5.60 Å². The lowest BCUT2D eigenvalue weighted by Crippen LogP contribution is -2.45. The highest BCUT2D eigenvalue weighted by atomic mass is 16.5. The molecule has 2 aromatic rings. The van der Waals surface area contributed by atoms with Crippen LogP contribution in [0.5, 0.6) is 0 Å². The number of nitrogens with zero attached hydrogens (tertiary/aromatic N) is 1. The van der Waals surface area contributed by atoms with Crippen LogP contribution < -0.4 is 5.32 Å². The lowest BCUT2D eigenvalue weighted by Gasteiger charge is -2.35. The first-order valence-corrected chi connectivity index (χ1v) is 8.41. The molecule has 1 amide bonds. The summed E-state index contributed by atoms with van der Waals surface area (Å²) in [5.74, 6) is 0.00565. The van der Waals surface area contributed by atoms with Gasteiger partial charge in [0, 0.05) is 36.0 Å². The Hall–Kier alpha value is -1.81. The number of amides is 1. The largest absolute Gasteiger partial charge is 0.375 e. The van der Waals surface area contributed by atoms with E-state index in [9.17, 15) is 4.79 Å². The van der Waals surface area contributed by atoms with Gasteiger partial charge in [-0.25, -0.2) is 0 Å². The van der Waals surface area contributed by atoms with Gasteiger partial charge in [-0.2, -0.15) is 0 Å². The van der Waals surface area contributed by atoms with E-state index in [4.69, 9.17) is 4.74 Å². The van der Waals surface area contributed by atoms with Crippen molar-refractivity contribution in [2.75, 3.05) is 6.61 Å². The van der Waals surface area contributed by atoms with E-state index in [-0.39, 0.29) is 17.6 Å². The van der Waals surface area contributed by atoms with Gasteiger partial charge in [-0.1, -0.05) is 6.07 Å².